The van der Waals surface area contributed by atoms with Gasteiger partial charge in [-0.3, -0.25) is 34.3 Å². The second kappa shape index (κ2) is 15.3. The monoisotopic (exact) mass is 654 g/mol. The van der Waals surface area contributed by atoms with Crippen LogP contribution >= 0.6 is 0 Å². The average Bonchev–Trinajstić information content (AvgIpc) is 3.00. The standard InChI is InChI=1S/C34H34N6O8/c1-4-5-6-13-28(42)36-23-10-8-12-25(19-23)40-32(46)27(30(44)38-34(40)48)17-15-20(2)14-16-26-29(43)37-33(47)39(31(26)45)24-11-7-9-22(18-24)35-21(3)41/h7-12,14-19,43H,4-6,13H2,1-3H3,(H,35,41)(H,36,42)(H,37,47)(H,38,44,48). The van der Waals surface area contributed by atoms with E-state index in [1.807, 2.05) is 6.92 Å². The third kappa shape index (κ3) is 8.28. The highest BCUT2D eigenvalue weighted by Crippen LogP contribution is 2.24. The van der Waals surface area contributed by atoms with Crippen molar-refractivity contribution >= 4 is 52.8 Å². The van der Waals surface area contributed by atoms with Gasteiger partial charge in [0.1, 0.15) is 11.1 Å². The van der Waals surface area contributed by atoms with Gasteiger partial charge in [0.05, 0.1) is 11.4 Å². The number of H-pyrrole nitrogens is 1. The van der Waals surface area contributed by atoms with Crippen molar-refractivity contribution in [3.8, 4) is 11.6 Å². The summed E-state index contributed by atoms with van der Waals surface area (Å²) < 4.78 is 0.787. The second-order valence-corrected chi connectivity index (χ2v) is 10.8. The van der Waals surface area contributed by atoms with E-state index in [0.717, 1.165) is 28.7 Å². The number of carbonyl (C=O) groups excluding carboxylic acids is 5. The van der Waals surface area contributed by atoms with E-state index >= 15 is 0 Å². The Hall–Kier alpha value is -6.31. The molecule has 1 aliphatic rings. The fourth-order valence-corrected chi connectivity index (χ4v) is 4.73. The first-order chi connectivity index (χ1) is 22.9. The second-order valence-electron chi connectivity index (χ2n) is 10.8. The van der Waals surface area contributed by atoms with E-state index in [-0.39, 0.29) is 34.3 Å². The maximum Gasteiger partial charge on any atom is 0.335 e. The number of aromatic nitrogens is 2. The highest BCUT2D eigenvalue weighted by molar-refractivity contribution is 6.37. The fourth-order valence-electron chi connectivity index (χ4n) is 4.73. The van der Waals surface area contributed by atoms with Crippen LogP contribution in [0.4, 0.5) is 21.9 Å². The van der Waals surface area contributed by atoms with Gasteiger partial charge in [0, 0.05) is 24.7 Å². The van der Waals surface area contributed by atoms with Crippen LogP contribution in [0.3, 0.4) is 0 Å². The fraction of sp³-hybridized carbons (Fsp3) is 0.206. The molecule has 0 saturated carbocycles. The van der Waals surface area contributed by atoms with Crippen LogP contribution in [0, 0.1) is 0 Å². The predicted molar refractivity (Wildman–Crippen MR) is 180 cm³/mol. The molecule has 0 unspecified atom stereocenters. The molecule has 1 aliphatic heterocycles. The Morgan fingerprint density at radius 1 is 0.917 bits per heavy atom. The number of rotatable bonds is 11. The molecule has 6 amide bonds. The number of nitrogens with one attached hydrogen (secondary N) is 4. The first-order valence-electron chi connectivity index (χ1n) is 15.0. The molecule has 2 aromatic carbocycles. The van der Waals surface area contributed by atoms with Gasteiger partial charge in [0.2, 0.25) is 17.7 Å². The summed E-state index contributed by atoms with van der Waals surface area (Å²) in [6.45, 7) is 4.93. The molecule has 14 heteroatoms. The van der Waals surface area contributed by atoms with Crippen LogP contribution in [0.2, 0.25) is 0 Å². The summed E-state index contributed by atoms with van der Waals surface area (Å²) in [6.07, 6.45) is 8.18. The predicted octanol–water partition coefficient (Wildman–Crippen LogP) is 3.88. The highest BCUT2D eigenvalue weighted by atomic mass is 16.3. The van der Waals surface area contributed by atoms with Crippen molar-refractivity contribution < 1.29 is 29.1 Å². The zero-order valence-corrected chi connectivity index (χ0v) is 26.5. The Balaban J connectivity index is 1.58. The van der Waals surface area contributed by atoms with E-state index in [9.17, 15) is 38.7 Å². The van der Waals surface area contributed by atoms with E-state index in [1.165, 1.54) is 61.6 Å². The molecule has 3 aromatic rings. The van der Waals surface area contributed by atoms with Gasteiger partial charge in [0.15, 0.2) is 0 Å². The molecular formula is C34H34N6O8. The zero-order valence-electron chi connectivity index (χ0n) is 26.5. The third-order valence-electron chi connectivity index (χ3n) is 7.06. The molecule has 2 heterocycles. The van der Waals surface area contributed by atoms with Crippen LogP contribution in [-0.2, 0) is 19.2 Å². The number of barbiturate groups is 1. The van der Waals surface area contributed by atoms with Crippen LogP contribution in [0.1, 0.15) is 52.0 Å². The number of aromatic amines is 1. The quantitative estimate of drug-likeness (QED) is 0.0888. The Morgan fingerprint density at radius 2 is 1.58 bits per heavy atom. The molecule has 1 aromatic heterocycles. The van der Waals surface area contributed by atoms with E-state index in [1.54, 1.807) is 25.1 Å². The van der Waals surface area contributed by atoms with Crippen molar-refractivity contribution in [2.75, 3.05) is 15.5 Å². The summed E-state index contributed by atoms with van der Waals surface area (Å²) in [6, 6.07) is 11.2. The maximum absolute atomic E-state index is 13.3. The van der Waals surface area contributed by atoms with Crippen molar-refractivity contribution in [3.63, 3.8) is 0 Å². The van der Waals surface area contributed by atoms with E-state index in [4.69, 9.17) is 0 Å². The van der Waals surface area contributed by atoms with Gasteiger partial charge in [-0.15, -0.1) is 0 Å². The number of carbonyl (C=O) groups is 5. The number of nitrogens with zero attached hydrogens (tertiary/aromatic N) is 2. The largest absolute Gasteiger partial charge is 0.494 e. The first-order valence-corrected chi connectivity index (χ1v) is 15.0. The van der Waals surface area contributed by atoms with E-state index < -0.39 is 35.0 Å². The Morgan fingerprint density at radius 3 is 2.27 bits per heavy atom. The molecule has 14 nitrogen and oxygen atoms in total. The lowest BCUT2D eigenvalue weighted by Crippen LogP contribution is -2.54. The SMILES string of the molecule is CCCCCC(=O)Nc1cccc(N2C(=O)NC(=O)C(=CC=C(C)C=Cc3c(O)[nH]c(=O)n(-c4cccc(NC(C)=O)c4)c3=O)C2=O)c1. The van der Waals surface area contributed by atoms with Crippen molar-refractivity contribution in [2.24, 2.45) is 0 Å². The summed E-state index contributed by atoms with van der Waals surface area (Å²) in [5.41, 5.74) is -0.963. The number of benzene rings is 2. The van der Waals surface area contributed by atoms with Gasteiger partial charge in [-0.05, 0) is 61.9 Å². The molecule has 4 rings (SSSR count). The molecule has 48 heavy (non-hydrogen) atoms. The van der Waals surface area contributed by atoms with Crippen molar-refractivity contribution in [1.29, 1.82) is 0 Å². The molecule has 0 atom stereocenters. The van der Waals surface area contributed by atoms with Gasteiger partial charge in [-0.1, -0.05) is 49.6 Å². The number of aromatic hydroxyl groups is 1. The number of anilines is 3. The molecule has 0 bridgehead atoms. The summed E-state index contributed by atoms with van der Waals surface area (Å²) in [7, 11) is 0. The number of hydrogen-bond acceptors (Lipinski definition) is 8. The maximum atomic E-state index is 13.3. The molecule has 0 spiro atoms. The van der Waals surface area contributed by atoms with E-state index in [0.29, 0.717) is 23.4 Å². The van der Waals surface area contributed by atoms with Crippen LogP contribution in [0.5, 0.6) is 5.88 Å². The zero-order chi connectivity index (χ0) is 35.0. The number of hydrogen-bond donors (Lipinski definition) is 5. The third-order valence-corrected chi connectivity index (χ3v) is 7.06. The van der Waals surface area contributed by atoms with Crippen LogP contribution < -0.4 is 32.1 Å². The topological polar surface area (TPSA) is 200 Å². The van der Waals surface area contributed by atoms with Crippen molar-refractivity contribution in [1.82, 2.24) is 14.9 Å². The molecular weight excluding hydrogens is 620 g/mol. The first kappa shape index (κ1) is 34.6. The van der Waals surface area contributed by atoms with Crippen molar-refractivity contribution in [3.05, 3.63) is 104 Å². The average molecular weight is 655 g/mol. The van der Waals surface area contributed by atoms with Gasteiger partial charge in [-0.2, -0.15) is 0 Å². The van der Waals surface area contributed by atoms with Crippen molar-refractivity contribution in [2.45, 2.75) is 46.5 Å². The molecule has 0 aliphatic carbocycles. The van der Waals surface area contributed by atoms with Gasteiger partial charge in [0.25, 0.3) is 17.4 Å². The minimum atomic E-state index is -0.957. The molecule has 1 fully saturated rings. The molecule has 248 valence electrons. The summed E-state index contributed by atoms with van der Waals surface area (Å²) in [4.78, 5) is 91.2. The Kier molecular flexibility index (Phi) is 11.0. The van der Waals surface area contributed by atoms with Gasteiger partial charge in [-0.25, -0.2) is 19.1 Å². The number of unbranched alkanes of at least 4 members (excludes halogenated alkanes) is 2. The van der Waals surface area contributed by atoms with Gasteiger partial charge < -0.3 is 15.7 Å². The smallest absolute Gasteiger partial charge is 0.335 e. The Labute approximate surface area is 274 Å². The van der Waals surface area contributed by atoms with E-state index in [2.05, 4.69) is 20.9 Å². The Bertz CT molecular complexity index is 2000. The van der Waals surface area contributed by atoms with Crippen LogP contribution in [-0.4, -0.2) is 44.3 Å². The summed E-state index contributed by atoms with van der Waals surface area (Å²) >= 11 is 0. The summed E-state index contributed by atoms with van der Waals surface area (Å²) in [5.74, 6) is -3.05. The number of urea groups is 1. The summed E-state index contributed by atoms with van der Waals surface area (Å²) in [5, 5.41) is 17.8. The minimum Gasteiger partial charge on any atom is -0.494 e. The lowest BCUT2D eigenvalue weighted by atomic mass is 10.1. The van der Waals surface area contributed by atoms with Gasteiger partial charge >= 0.3 is 11.7 Å². The van der Waals surface area contributed by atoms with Crippen LogP contribution in [0.25, 0.3) is 11.8 Å². The number of imide groups is 2. The molecule has 0 radical (unpaired) electrons. The number of amides is 6. The normalized spacial score (nSPS) is 14.4. The minimum absolute atomic E-state index is 0.135. The lowest BCUT2D eigenvalue weighted by Gasteiger charge is -2.26. The number of allylic oxidation sites excluding steroid dienone is 4. The molecule has 5 N–H and O–H groups in total. The lowest BCUT2D eigenvalue weighted by molar-refractivity contribution is -0.123. The van der Waals surface area contributed by atoms with Crippen LogP contribution in [0.15, 0.2) is 87.5 Å². The molecule has 1 saturated heterocycles. The highest BCUT2D eigenvalue weighted by Gasteiger charge is 2.36.